The fraction of sp³-hybridized carbons (Fsp3) is 0.652. The summed E-state index contributed by atoms with van der Waals surface area (Å²) in [4.78, 5) is 18.4. The van der Waals surface area contributed by atoms with E-state index in [2.05, 4.69) is 39.9 Å². The number of carbonyl (C=O) groups is 1. The second-order valence-electron chi connectivity index (χ2n) is 8.55. The van der Waals surface area contributed by atoms with Crippen LogP contribution in [0.2, 0.25) is 0 Å². The van der Waals surface area contributed by atoms with Crippen molar-refractivity contribution in [1.29, 1.82) is 0 Å². The lowest BCUT2D eigenvalue weighted by molar-refractivity contribution is 0.0527. The third kappa shape index (κ3) is 16.0. The molecule has 0 heterocycles. The van der Waals surface area contributed by atoms with Gasteiger partial charge in [0.2, 0.25) is 0 Å². The molecule has 0 aliphatic rings. The summed E-state index contributed by atoms with van der Waals surface area (Å²) in [5.74, 6) is 1.64. The standard InChI is InChI=1S/C23H41N5O3.HI/c1-7-24-21(25-14-8-15-26-22(29)31-23(2,3)4)27-18-19-10-12-20(13-11-19)30-17-9-16-28(5)6;/h10-13H,7-9,14-18H2,1-6H3,(H,26,29)(H2,24,25,27);1H. The summed E-state index contributed by atoms with van der Waals surface area (Å²) in [7, 11) is 4.12. The van der Waals surface area contributed by atoms with Crippen LogP contribution in [-0.2, 0) is 11.3 Å². The Bertz CT molecular complexity index is 661. The van der Waals surface area contributed by atoms with Gasteiger partial charge in [0.05, 0.1) is 13.2 Å². The first kappa shape index (κ1) is 30.2. The zero-order valence-corrected chi connectivity index (χ0v) is 22.8. The number of guanidine groups is 1. The van der Waals surface area contributed by atoms with E-state index >= 15 is 0 Å². The molecule has 0 saturated heterocycles. The molecular weight excluding hydrogens is 521 g/mol. The molecule has 0 aliphatic carbocycles. The van der Waals surface area contributed by atoms with Crippen LogP contribution in [0.3, 0.4) is 0 Å². The third-order valence-electron chi connectivity index (χ3n) is 4.02. The van der Waals surface area contributed by atoms with Crippen molar-refractivity contribution in [2.24, 2.45) is 4.99 Å². The highest BCUT2D eigenvalue weighted by Crippen LogP contribution is 2.13. The highest BCUT2D eigenvalue weighted by Gasteiger charge is 2.15. The Hall–Kier alpha value is -1.75. The molecule has 1 aromatic carbocycles. The Balaban J connectivity index is 0.00000961. The van der Waals surface area contributed by atoms with Crippen LogP contribution < -0.4 is 20.7 Å². The number of halogens is 1. The van der Waals surface area contributed by atoms with Gasteiger partial charge in [-0.2, -0.15) is 0 Å². The highest BCUT2D eigenvalue weighted by molar-refractivity contribution is 14.0. The van der Waals surface area contributed by atoms with Crippen LogP contribution in [0.4, 0.5) is 4.79 Å². The number of rotatable bonds is 12. The molecule has 1 aromatic rings. The maximum atomic E-state index is 11.6. The average Bonchev–Trinajstić information content (AvgIpc) is 2.68. The molecule has 0 aromatic heterocycles. The van der Waals surface area contributed by atoms with Crippen LogP contribution in [0.15, 0.2) is 29.3 Å². The van der Waals surface area contributed by atoms with E-state index in [1.807, 2.05) is 52.0 Å². The predicted molar refractivity (Wildman–Crippen MR) is 142 cm³/mol. The van der Waals surface area contributed by atoms with Crippen molar-refractivity contribution >= 4 is 36.0 Å². The molecule has 0 spiro atoms. The van der Waals surface area contributed by atoms with Gasteiger partial charge in [-0.25, -0.2) is 9.79 Å². The van der Waals surface area contributed by atoms with Crippen molar-refractivity contribution in [1.82, 2.24) is 20.9 Å². The second-order valence-corrected chi connectivity index (χ2v) is 8.55. The zero-order chi connectivity index (χ0) is 23.1. The Kier molecular flexibility index (Phi) is 15.9. The van der Waals surface area contributed by atoms with Crippen LogP contribution in [0, 0.1) is 0 Å². The summed E-state index contributed by atoms with van der Waals surface area (Å²) in [6.45, 7) is 11.9. The first-order valence-electron chi connectivity index (χ1n) is 11.0. The number of hydrogen-bond donors (Lipinski definition) is 3. The molecule has 0 bridgehead atoms. The summed E-state index contributed by atoms with van der Waals surface area (Å²) in [5.41, 5.74) is 0.633. The van der Waals surface area contributed by atoms with E-state index in [1.165, 1.54) is 0 Å². The summed E-state index contributed by atoms with van der Waals surface area (Å²) in [5, 5.41) is 9.28. The molecule has 0 aliphatic heterocycles. The molecule has 184 valence electrons. The van der Waals surface area contributed by atoms with E-state index in [4.69, 9.17) is 9.47 Å². The molecule has 0 atom stereocenters. The number of nitrogens with one attached hydrogen (secondary N) is 3. The summed E-state index contributed by atoms with van der Waals surface area (Å²) in [6, 6.07) is 8.06. The number of carbonyl (C=O) groups excluding carboxylic acids is 1. The quantitative estimate of drug-likeness (QED) is 0.156. The second kappa shape index (κ2) is 16.8. The molecular formula is C23H42IN5O3. The summed E-state index contributed by atoms with van der Waals surface area (Å²) < 4.78 is 11.0. The number of amides is 1. The third-order valence-corrected chi connectivity index (χ3v) is 4.02. The molecule has 9 heteroatoms. The van der Waals surface area contributed by atoms with Gasteiger partial charge in [0, 0.05) is 26.2 Å². The van der Waals surface area contributed by atoms with Gasteiger partial charge in [0.1, 0.15) is 11.4 Å². The first-order valence-corrected chi connectivity index (χ1v) is 11.0. The van der Waals surface area contributed by atoms with E-state index in [0.29, 0.717) is 26.2 Å². The Labute approximate surface area is 210 Å². The number of ether oxygens (including phenoxy) is 2. The largest absolute Gasteiger partial charge is 0.494 e. The van der Waals surface area contributed by atoms with E-state index in [-0.39, 0.29) is 24.0 Å². The lowest BCUT2D eigenvalue weighted by atomic mass is 10.2. The monoisotopic (exact) mass is 563 g/mol. The molecule has 1 rings (SSSR count). The first-order chi connectivity index (χ1) is 14.7. The van der Waals surface area contributed by atoms with Crippen molar-refractivity contribution in [2.75, 3.05) is 46.9 Å². The normalized spacial score (nSPS) is 11.5. The summed E-state index contributed by atoms with van der Waals surface area (Å²) in [6.07, 6.45) is 1.38. The van der Waals surface area contributed by atoms with Crippen LogP contribution in [0.1, 0.15) is 46.1 Å². The molecule has 0 unspecified atom stereocenters. The van der Waals surface area contributed by atoms with Gasteiger partial charge in [-0.05, 0) is 72.3 Å². The maximum Gasteiger partial charge on any atom is 0.407 e. The van der Waals surface area contributed by atoms with E-state index in [0.717, 1.165) is 43.2 Å². The van der Waals surface area contributed by atoms with Crippen LogP contribution in [-0.4, -0.2) is 69.4 Å². The number of benzene rings is 1. The molecule has 8 nitrogen and oxygen atoms in total. The molecule has 1 amide bonds. The number of alkyl carbamates (subject to hydrolysis) is 1. The van der Waals surface area contributed by atoms with Gasteiger partial charge in [0.25, 0.3) is 0 Å². The van der Waals surface area contributed by atoms with Crippen molar-refractivity contribution in [3.05, 3.63) is 29.8 Å². The van der Waals surface area contributed by atoms with Crippen LogP contribution in [0.5, 0.6) is 5.75 Å². The fourth-order valence-electron chi connectivity index (χ4n) is 2.57. The van der Waals surface area contributed by atoms with Crippen LogP contribution >= 0.6 is 24.0 Å². The van der Waals surface area contributed by atoms with Gasteiger partial charge < -0.3 is 30.3 Å². The number of nitrogens with zero attached hydrogens (tertiary/aromatic N) is 2. The lowest BCUT2D eigenvalue weighted by Crippen LogP contribution is -2.39. The van der Waals surface area contributed by atoms with Gasteiger partial charge in [-0.15, -0.1) is 24.0 Å². The zero-order valence-electron chi connectivity index (χ0n) is 20.5. The maximum absolute atomic E-state index is 11.6. The van der Waals surface area contributed by atoms with Gasteiger partial charge in [0.15, 0.2) is 5.96 Å². The molecule has 0 fully saturated rings. The fourth-order valence-corrected chi connectivity index (χ4v) is 2.57. The van der Waals surface area contributed by atoms with Gasteiger partial charge in [-0.3, -0.25) is 0 Å². The van der Waals surface area contributed by atoms with E-state index in [1.54, 1.807) is 0 Å². The minimum Gasteiger partial charge on any atom is -0.494 e. The summed E-state index contributed by atoms with van der Waals surface area (Å²) >= 11 is 0. The number of aliphatic imine (C=N–C) groups is 1. The topological polar surface area (TPSA) is 87.2 Å². The van der Waals surface area contributed by atoms with Crippen molar-refractivity contribution in [3.8, 4) is 5.75 Å². The minimum atomic E-state index is -0.483. The molecule has 0 radical (unpaired) electrons. The highest BCUT2D eigenvalue weighted by atomic mass is 127. The number of hydrogen-bond acceptors (Lipinski definition) is 5. The van der Waals surface area contributed by atoms with E-state index in [9.17, 15) is 4.79 Å². The predicted octanol–water partition coefficient (Wildman–Crippen LogP) is 3.61. The van der Waals surface area contributed by atoms with Crippen LogP contribution in [0.25, 0.3) is 0 Å². The SMILES string of the molecule is CCNC(=NCc1ccc(OCCCN(C)C)cc1)NCCCNC(=O)OC(C)(C)C.I. The molecule has 0 saturated carbocycles. The smallest absolute Gasteiger partial charge is 0.407 e. The molecule has 32 heavy (non-hydrogen) atoms. The Morgan fingerprint density at radius 1 is 1.03 bits per heavy atom. The van der Waals surface area contributed by atoms with E-state index < -0.39 is 11.7 Å². The van der Waals surface area contributed by atoms with Gasteiger partial charge in [-0.1, -0.05) is 12.1 Å². The van der Waals surface area contributed by atoms with Crippen molar-refractivity contribution in [2.45, 2.75) is 52.7 Å². The average molecular weight is 564 g/mol. The van der Waals surface area contributed by atoms with Gasteiger partial charge >= 0.3 is 6.09 Å². The van der Waals surface area contributed by atoms with Crippen molar-refractivity contribution in [3.63, 3.8) is 0 Å². The lowest BCUT2D eigenvalue weighted by Gasteiger charge is -2.19. The minimum absolute atomic E-state index is 0. The molecule has 3 N–H and O–H groups in total. The Morgan fingerprint density at radius 2 is 1.69 bits per heavy atom. The van der Waals surface area contributed by atoms with Crippen molar-refractivity contribution < 1.29 is 14.3 Å². The Morgan fingerprint density at radius 3 is 2.28 bits per heavy atom.